The number of aromatic nitrogens is 2. The van der Waals surface area contributed by atoms with Crippen LogP contribution in [0.2, 0.25) is 0 Å². The van der Waals surface area contributed by atoms with Gasteiger partial charge in [-0.25, -0.2) is 0 Å². The van der Waals surface area contributed by atoms with E-state index < -0.39 is 0 Å². The van der Waals surface area contributed by atoms with Crippen molar-refractivity contribution in [3.8, 4) is 10.6 Å². The molecular weight excluding hydrogens is 218 g/mol. The number of hydrogen-bond acceptors (Lipinski definition) is 3. The highest BCUT2D eigenvalue weighted by Gasteiger charge is 2.12. The molecule has 0 aliphatic carbocycles. The summed E-state index contributed by atoms with van der Waals surface area (Å²) in [7, 11) is 0. The third kappa shape index (κ3) is 2.11. The van der Waals surface area contributed by atoms with Crippen LogP contribution in [0.4, 0.5) is 5.69 Å². The maximum Gasteiger partial charge on any atom is 0.125 e. The maximum absolute atomic E-state index is 6.00. The van der Waals surface area contributed by atoms with Crippen molar-refractivity contribution in [2.24, 2.45) is 5.92 Å². The second kappa shape index (κ2) is 4.29. The first kappa shape index (κ1) is 11.2. The van der Waals surface area contributed by atoms with Gasteiger partial charge in [-0.1, -0.05) is 13.8 Å². The van der Waals surface area contributed by atoms with Crippen LogP contribution in [0.1, 0.15) is 19.4 Å². The molecule has 86 valence electrons. The zero-order valence-corrected chi connectivity index (χ0v) is 10.7. The van der Waals surface area contributed by atoms with Gasteiger partial charge in [0.25, 0.3) is 0 Å². The first-order valence-corrected chi connectivity index (χ1v) is 6.33. The van der Waals surface area contributed by atoms with Gasteiger partial charge in [0.15, 0.2) is 0 Å². The first-order valence-electron chi connectivity index (χ1n) is 5.45. The van der Waals surface area contributed by atoms with Crippen LogP contribution in [-0.4, -0.2) is 9.78 Å². The SMILES string of the molecule is Cc1ccsc1-c1nn(CC(C)C)cc1N. The smallest absolute Gasteiger partial charge is 0.125 e. The van der Waals surface area contributed by atoms with Gasteiger partial charge in [0, 0.05) is 12.7 Å². The van der Waals surface area contributed by atoms with Crippen LogP contribution in [0.15, 0.2) is 17.6 Å². The summed E-state index contributed by atoms with van der Waals surface area (Å²) in [5.41, 5.74) is 8.94. The lowest BCUT2D eigenvalue weighted by molar-refractivity contribution is 0.484. The molecule has 3 nitrogen and oxygen atoms in total. The summed E-state index contributed by atoms with van der Waals surface area (Å²) in [6.07, 6.45) is 1.93. The summed E-state index contributed by atoms with van der Waals surface area (Å²) in [4.78, 5) is 1.18. The minimum atomic E-state index is 0.580. The summed E-state index contributed by atoms with van der Waals surface area (Å²) >= 11 is 1.69. The number of thiophene rings is 1. The molecule has 0 aliphatic heterocycles. The van der Waals surface area contributed by atoms with Gasteiger partial charge in [0.2, 0.25) is 0 Å². The largest absolute Gasteiger partial charge is 0.396 e. The number of anilines is 1. The van der Waals surface area contributed by atoms with Crippen molar-refractivity contribution in [3.05, 3.63) is 23.2 Å². The Hall–Kier alpha value is -1.29. The third-order valence-corrected chi connectivity index (χ3v) is 3.44. The monoisotopic (exact) mass is 235 g/mol. The molecule has 0 saturated heterocycles. The average molecular weight is 235 g/mol. The second-order valence-electron chi connectivity index (χ2n) is 4.48. The summed E-state index contributed by atoms with van der Waals surface area (Å²) in [5, 5.41) is 6.63. The Labute approximate surface area is 99.9 Å². The van der Waals surface area contributed by atoms with Crippen LogP contribution in [0, 0.1) is 12.8 Å². The number of nitrogens with two attached hydrogens (primary N) is 1. The van der Waals surface area contributed by atoms with E-state index in [1.54, 1.807) is 11.3 Å². The zero-order valence-electron chi connectivity index (χ0n) is 9.90. The molecule has 0 amide bonds. The number of nitrogen functional groups attached to an aromatic ring is 1. The van der Waals surface area contributed by atoms with Gasteiger partial charge in [0.1, 0.15) is 5.69 Å². The van der Waals surface area contributed by atoms with Crippen molar-refractivity contribution in [2.45, 2.75) is 27.3 Å². The summed E-state index contributed by atoms with van der Waals surface area (Å²) in [6.45, 7) is 7.35. The fourth-order valence-corrected chi connectivity index (χ4v) is 2.63. The highest BCUT2D eigenvalue weighted by atomic mass is 32.1. The predicted molar refractivity (Wildman–Crippen MR) is 69.5 cm³/mol. The molecule has 4 heteroatoms. The van der Waals surface area contributed by atoms with Crippen LogP contribution in [0.25, 0.3) is 10.6 Å². The molecule has 2 N–H and O–H groups in total. The molecule has 0 unspecified atom stereocenters. The molecule has 0 aliphatic rings. The fraction of sp³-hybridized carbons (Fsp3) is 0.417. The van der Waals surface area contributed by atoms with Crippen molar-refractivity contribution in [1.82, 2.24) is 9.78 Å². The van der Waals surface area contributed by atoms with Crippen LogP contribution in [0.5, 0.6) is 0 Å². The summed E-state index contributed by atoms with van der Waals surface area (Å²) in [6, 6.07) is 2.10. The number of rotatable bonds is 3. The lowest BCUT2D eigenvalue weighted by atomic mass is 10.2. The molecular formula is C12H17N3S. The topological polar surface area (TPSA) is 43.8 Å². The zero-order chi connectivity index (χ0) is 11.7. The normalized spacial score (nSPS) is 11.2. The van der Waals surface area contributed by atoms with Gasteiger partial charge in [-0.05, 0) is 29.9 Å². The molecule has 0 radical (unpaired) electrons. The second-order valence-corrected chi connectivity index (χ2v) is 5.40. The number of nitrogens with zero attached hydrogens (tertiary/aromatic N) is 2. The van der Waals surface area contributed by atoms with E-state index in [2.05, 4.69) is 37.3 Å². The van der Waals surface area contributed by atoms with Crippen molar-refractivity contribution in [3.63, 3.8) is 0 Å². The molecule has 16 heavy (non-hydrogen) atoms. The Balaban J connectivity index is 2.36. The minimum absolute atomic E-state index is 0.580. The van der Waals surface area contributed by atoms with Crippen molar-refractivity contribution < 1.29 is 0 Å². The summed E-state index contributed by atoms with van der Waals surface area (Å²) in [5.74, 6) is 0.580. The molecule has 0 fully saturated rings. The number of aryl methyl sites for hydroxylation is 1. The fourth-order valence-electron chi connectivity index (χ4n) is 1.70. The Bertz CT molecular complexity index is 482. The molecule has 0 saturated carbocycles. The average Bonchev–Trinajstić information content (AvgIpc) is 2.71. The molecule has 0 bridgehead atoms. The molecule has 2 aromatic heterocycles. The van der Waals surface area contributed by atoms with Gasteiger partial charge < -0.3 is 5.73 Å². The van der Waals surface area contributed by atoms with Crippen molar-refractivity contribution in [1.29, 1.82) is 0 Å². The van der Waals surface area contributed by atoms with Crippen LogP contribution in [0.3, 0.4) is 0 Å². The Morgan fingerprint density at radius 2 is 2.25 bits per heavy atom. The van der Waals surface area contributed by atoms with Gasteiger partial charge in [-0.2, -0.15) is 5.10 Å². The third-order valence-electron chi connectivity index (χ3n) is 2.42. The molecule has 2 rings (SSSR count). The van der Waals surface area contributed by atoms with E-state index in [4.69, 9.17) is 5.73 Å². The van der Waals surface area contributed by atoms with E-state index >= 15 is 0 Å². The van der Waals surface area contributed by atoms with Gasteiger partial charge in [-0.3, -0.25) is 4.68 Å². The number of hydrogen-bond donors (Lipinski definition) is 1. The standard InChI is InChI=1S/C12H17N3S/c1-8(2)6-15-7-10(13)11(14-15)12-9(3)4-5-16-12/h4-5,7-8H,6,13H2,1-3H3. The quantitative estimate of drug-likeness (QED) is 0.888. The van der Waals surface area contributed by atoms with Crippen LogP contribution < -0.4 is 5.73 Å². The molecule has 2 aromatic rings. The van der Waals surface area contributed by atoms with E-state index in [0.717, 1.165) is 17.9 Å². The highest BCUT2D eigenvalue weighted by molar-refractivity contribution is 7.13. The van der Waals surface area contributed by atoms with Crippen LogP contribution >= 0.6 is 11.3 Å². The van der Waals surface area contributed by atoms with Crippen molar-refractivity contribution >= 4 is 17.0 Å². The minimum Gasteiger partial charge on any atom is -0.396 e. The Morgan fingerprint density at radius 1 is 1.50 bits per heavy atom. The molecule has 0 spiro atoms. The van der Waals surface area contributed by atoms with Gasteiger partial charge >= 0.3 is 0 Å². The lowest BCUT2D eigenvalue weighted by Crippen LogP contribution is -2.04. The maximum atomic E-state index is 6.00. The van der Waals surface area contributed by atoms with E-state index in [-0.39, 0.29) is 0 Å². The Morgan fingerprint density at radius 3 is 2.81 bits per heavy atom. The van der Waals surface area contributed by atoms with Gasteiger partial charge in [-0.15, -0.1) is 11.3 Å². The van der Waals surface area contributed by atoms with E-state index in [1.165, 1.54) is 10.4 Å². The van der Waals surface area contributed by atoms with E-state index in [1.807, 2.05) is 10.9 Å². The molecule has 0 atom stereocenters. The lowest BCUT2D eigenvalue weighted by Gasteiger charge is -2.03. The van der Waals surface area contributed by atoms with Crippen LogP contribution in [-0.2, 0) is 6.54 Å². The molecule has 2 heterocycles. The van der Waals surface area contributed by atoms with E-state index in [0.29, 0.717) is 5.92 Å². The van der Waals surface area contributed by atoms with E-state index in [9.17, 15) is 0 Å². The summed E-state index contributed by atoms with van der Waals surface area (Å²) < 4.78 is 1.94. The first-order chi connectivity index (χ1) is 7.58. The Kier molecular flexibility index (Phi) is 3.01. The molecule has 0 aromatic carbocycles. The highest BCUT2D eigenvalue weighted by Crippen LogP contribution is 2.31. The van der Waals surface area contributed by atoms with Gasteiger partial charge in [0.05, 0.1) is 10.6 Å². The predicted octanol–water partition coefficient (Wildman–Crippen LogP) is 3.16. The van der Waals surface area contributed by atoms with Crippen molar-refractivity contribution in [2.75, 3.05) is 5.73 Å².